The summed E-state index contributed by atoms with van der Waals surface area (Å²) in [5, 5.41) is 14.6. The van der Waals surface area contributed by atoms with Gasteiger partial charge in [-0.25, -0.2) is 4.39 Å². The minimum absolute atomic E-state index is 0.235. The zero-order chi connectivity index (χ0) is 19.8. The highest BCUT2D eigenvalue weighted by Gasteiger charge is 2.22. The van der Waals surface area contributed by atoms with E-state index >= 15 is 0 Å². The summed E-state index contributed by atoms with van der Waals surface area (Å²) in [6.45, 7) is 2.75. The zero-order valence-electron chi connectivity index (χ0n) is 15.8. The Balaban J connectivity index is 1.93. The maximum atomic E-state index is 13.8. The second-order valence-corrected chi connectivity index (χ2v) is 9.25. The van der Waals surface area contributed by atoms with E-state index < -0.39 is 14.9 Å². The van der Waals surface area contributed by atoms with Crippen LogP contribution >= 0.6 is 0 Å². The van der Waals surface area contributed by atoms with Crippen LogP contribution in [-0.4, -0.2) is 25.4 Å². The first-order valence-electron chi connectivity index (χ1n) is 9.30. The summed E-state index contributed by atoms with van der Waals surface area (Å²) in [6, 6.07) is 10.2. The number of pyridine rings is 1. The molecule has 1 aliphatic carbocycles. The number of hydrogen-bond acceptors (Lipinski definition) is 4. The van der Waals surface area contributed by atoms with Crippen molar-refractivity contribution in [1.29, 1.82) is 0 Å². The molecule has 0 unspecified atom stereocenters. The van der Waals surface area contributed by atoms with E-state index in [1.807, 2.05) is 24.7 Å². The lowest BCUT2D eigenvalue weighted by atomic mass is 9.99. The van der Waals surface area contributed by atoms with Crippen LogP contribution in [0.4, 0.5) is 10.1 Å². The average molecular weight is 398 g/mol. The monoisotopic (exact) mass is 397 g/mol. The summed E-state index contributed by atoms with van der Waals surface area (Å²) < 4.78 is 19.9. The van der Waals surface area contributed by atoms with E-state index in [2.05, 4.69) is 9.89 Å². The summed E-state index contributed by atoms with van der Waals surface area (Å²) in [7, 11) is 0.121. The Hall–Kier alpha value is -2.48. The Morgan fingerprint density at radius 3 is 2.71 bits per heavy atom. The molecule has 3 aromatic rings. The SMILES string of the molecule is Cn1cc(-c2cc([Si](C)OO)ccc2NCC2CC2)c2ccc(F)cc2c1=O. The third-order valence-corrected chi connectivity index (χ3v) is 6.67. The molecule has 1 radical (unpaired) electrons. The molecule has 0 atom stereocenters. The molecule has 0 amide bonds. The number of hydrogen-bond donors (Lipinski definition) is 2. The van der Waals surface area contributed by atoms with Gasteiger partial charge in [-0.1, -0.05) is 18.2 Å². The average Bonchev–Trinajstić information content (AvgIpc) is 3.53. The zero-order valence-corrected chi connectivity index (χ0v) is 16.8. The van der Waals surface area contributed by atoms with Gasteiger partial charge in [0.2, 0.25) is 0 Å². The molecule has 2 N–H and O–H groups in total. The second-order valence-electron chi connectivity index (χ2n) is 7.38. The number of nitrogens with zero attached hydrogens (tertiary/aromatic N) is 1. The summed E-state index contributed by atoms with van der Waals surface area (Å²) in [5.41, 5.74) is 2.46. The van der Waals surface area contributed by atoms with Crippen molar-refractivity contribution < 1.29 is 14.2 Å². The first kappa shape index (κ1) is 18.9. The molecule has 2 aromatic carbocycles. The Morgan fingerprint density at radius 1 is 1.21 bits per heavy atom. The van der Waals surface area contributed by atoms with Gasteiger partial charge in [0.1, 0.15) is 5.82 Å². The Kier molecular flexibility index (Phi) is 5.05. The van der Waals surface area contributed by atoms with Crippen molar-refractivity contribution >= 4 is 30.7 Å². The molecule has 1 aromatic heterocycles. The van der Waals surface area contributed by atoms with Gasteiger partial charge in [-0.15, -0.1) is 0 Å². The molecule has 4 rings (SSSR count). The lowest BCUT2D eigenvalue weighted by Gasteiger charge is -2.17. The molecule has 0 aliphatic heterocycles. The van der Waals surface area contributed by atoms with E-state index in [-0.39, 0.29) is 5.56 Å². The smallest absolute Gasteiger partial charge is 0.292 e. The summed E-state index contributed by atoms with van der Waals surface area (Å²) in [6.07, 6.45) is 4.26. The maximum Gasteiger partial charge on any atom is 0.292 e. The number of benzene rings is 2. The fourth-order valence-electron chi connectivity index (χ4n) is 3.42. The quantitative estimate of drug-likeness (QED) is 0.380. The van der Waals surface area contributed by atoms with Crippen LogP contribution in [0.5, 0.6) is 0 Å². The minimum atomic E-state index is -1.55. The molecule has 1 heterocycles. The normalized spacial score (nSPS) is 14.0. The lowest BCUT2D eigenvalue weighted by Crippen LogP contribution is -2.29. The largest absolute Gasteiger partial charge is 0.384 e. The van der Waals surface area contributed by atoms with Gasteiger partial charge in [0, 0.05) is 36.6 Å². The number of aryl methyl sites for hydroxylation is 1. The van der Waals surface area contributed by atoms with Gasteiger partial charge in [0.05, 0.1) is 5.39 Å². The lowest BCUT2D eigenvalue weighted by molar-refractivity contribution is -0.141. The van der Waals surface area contributed by atoms with Crippen molar-refractivity contribution in [2.24, 2.45) is 13.0 Å². The fraction of sp³-hybridized carbons (Fsp3) is 0.286. The topological polar surface area (TPSA) is 63.5 Å². The number of halogens is 1. The molecule has 0 spiro atoms. The molecule has 0 saturated heterocycles. The van der Waals surface area contributed by atoms with Gasteiger partial charge in [-0.2, -0.15) is 0 Å². The first-order valence-corrected chi connectivity index (χ1v) is 11.2. The summed E-state index contributed by atoms with van der Waals surface area (Å²) in [5.74, 6) is 0.264. The van der Waals surface area contributed by atoms with Crippen LogP contribution in [-0.2, 0) is 11.6 Å². The van der Waals surface area contributed by atoms with Crippen LogP contribution in [0.3, 0.4) is 0 Å². The highest BCUT2D eigenvalue weighted by molar-refractivity contribution is 6.66. The van der Waals surface area contributed by atoms with Crippen molar-refractivity contribution in [2.75, 3.05) is 11.9 Å². The highest BCUT2D eigenvalue weighted by Crippen LogP contribution is 2.34. The molecule has 0 bridgehead atoms. The second kappa shape index (κ2) is 7.50. The molecule has 1 aliphatic rings. The predicted octanol–water partition coefficient (Wildman–Crippen LogP) is 3.48. The van der Waals surface area contributed by atoms with Gasteiger partial charge in [0.25, 0.3) is 14.6 Å². The molecule has 5 nitrogen and oxygen atoms in total. The molecule has 1 saturated carbocycles. The summed E-state index contributed by atoms with van der Waals surface area (Å²) >= 11 is 0. The molecule has 1 fully saturated rings. The van der Waals surface area contributed by atoms with Crippen LogP contribution in [0, 0.1) is 11.7 Å². The molecular weight excluding hydrogens is 375 g/mol. The third-order valence-electron chi connectivity index (χ3n) is 5.28. The third kappa shape index (κ3) is 3.60. The molecule has 7 heteroatoms. The first-order chi connectivity index (χ1) is 13.5. The number of fused-ring (bicyclic) bond motifs is 1. The minimum Gasteiger partial charge on any atom is -0.384 e. The number of aromatic nitrogens is 1. The van der Waals surface area contributed by atoms with Crippen molar-refractivity contribution in [2.45, 2.75) is 19.4 Å². The van der Waals surface area contributed by atoms with Crippen molar-refractivity contribution in [3.63, 3.8) is 0 Å². The molecule has 28 heavy (non-hydrogen) atoms. The van der Waals surface area contributed by atoms with Crippen LogP contribution in [0.15, 0.2) is 47.4 Å². The van der Waals surface area contributed by atoms with Crippen molar-refractivity contribution in [3.05, 3.63) is 58.8 Å². The van der Waals surface area contributed by atoms with Gasteiger partial charge >= 0.3 is 0 Å². The van der Waals surface area contributed by atoms with Gasteiger partial charge in [0.15, 0.2) is 0 Å². The number of nitrogens with one attached hydrogen (secondary N) is 1. The van der Waals surface area contributed by atoms with Crippen LogP contribution in [0.2, 0.25) is 6.55 Å². The Bertz CT molecular complexity index is 1090. The molecular formula is C21H22FN2O3Si. The van der Waals surface area contributed by atoms with Crippen LogP contribution < -0.4 is 16.1 Å². The van der Waals surface area contributed by atoms with Gasteiger partial charge in [-0.05, 0) is 54.1 Å². The Labute approximate surface area is 164 Å². The fourth-order valence-corrected chi connectivity index (χ4v) is 4.19. The van der Waals surface area contributed by atoms with E-state index in [4.69, 9.17) is 5.26 Å². The van der Waals surface area contributed by atoms with E-state index in [0.29, 0.717) is 16.7 Å². The Morgan fingerprint density at radius 2 is 2.00 bits per heavy atom. The van der Waals surface area contributed by atoms with E-state index in [9.17, 15) is 9.18 Å². The van der Waals surface area contributed by atoms with Crippen molar-refractivity contribution in [3.8, 4) is 11.1 Å². The number of rotatable bonds is 6. The van der Waals surface area contributed by atoms with Gasteiger partial charge in [-0.3, -0.25) is 14.6 Å². The number of anilines is 1. The van der Waals surface area contributed by atoms with Gasteiger partial charge < -0.3 is 9.88 Å². The maximum absolute atomic E-state index is 13.8. The van der Waals surface area contributed by atoms with Crippen LogP contribution in [0.1, 0.15) is 12.8 Å². The van der Waals surface area contributed by atoms with E-state index in [1.54, 1.807) is 19.3 Å². The standard InChI is InChI=1S/C21H22FN2O3Si/c1-24-12-19(16-7-5-14(22)9-18(16)21(24)25)17-10-15(28(2)27-26)6-8-20(17)23-11-13-3-4-13/h5-10,12-13,23,26H,3-4,11H2,1-2H3. The van der Waals surface area contributed by atoms with E-state index in [1.165, 1.54) is 29.5 Å². The van der Waals surface area contributed by atoms with Crippen LogP contribution in [0.25, 0.3) is 21.9 Å². The highest BCUT2D eigenvalue weighted by atomic mass is 28.3. The summed E-state index contributed by atoms with van der Waals surface area (Å²) in [4.78, 5) is 12.5. The molecule has 145 valence electrons. The predicted molar refractivity (Wildman–Crippen MR) is 111 cm³/mol. The van der Waals surface area contributed by atoms with Crippen molar-refractivity contribution in [1.82, 2.24) is 4.57 Å². The van der Waals surface area contributed by atoms with E-state index in [0.717, 1.165) is 28.5 Å².